The molecule has 2 unspecified atom stereocenters. The zero-order chi connectivity index (χ0) is 43.2. The van der Waals surface area contributed by atoms with Crippen molar-refractivity contribution in [3.05, 3.63) is 131 Å². The summed E-state index contributed by atoms with van der Waals surface area (Å²) < 4.78 is 24.8. The highest BCUT2D eigenvalue weighted by Gasteiger charge is 2.33. The molecule has 6 rings (SSSR count). The number of hydrogen-bond acceptors (Lipinski definition) is 6. The van der Waals surface area contributed by atoms with Gasteiger partial charge in [0.2, 0.25) is 0 Å². The first-order valence-electron chi connectivity index (χ1n) is 24.5. The third kappa shape index (κ3) is 15.3. The van der Waals surface area contributed by atoms with E-state index in [1.165, 1.54) is 116 Å². The third-order valence-electron chi connectivity index (χ3n) is 13.6. The standard InChI is InChI=1S/C56H74O6/c1-3-5-9-17-43-25-29-45(30-26-43)19-15-41-59-51-37-33-49(34-38-51)55(57)61-53(47-21-11-7-12-22-47)54(48-23-13-8-14-24-48)62-56(58)50-35-39-52(40-36-50)60-42-16-20-46-31-27-44(28-32-46)18-10-6-4-2/h7-8,11-14,21-24,33-40,43-46,53-54H,3-6,9-10,15-20,25-32,41-42H2,1-2H3. The Morgan fingerprint density at radius 3 is 1.08 bits per heavy atom. The van der Waals surface area contributed by atoms with Gasteiger partial charge in [0.25, 0.3) is 0 Å². The summed E-state index contributed by atoms with van der Waals surface area (Å²) in [7, 11) is 0. The van der Waals surface area contributed by atoms with Crippen molar-refractivity contribution in [2.75, 3.05) is 13.2 Å². The fourth-order valence-electron chi connectivity index (χ4n) is 9.74. The third-order valence-corrected chi connectivity index (χ3v) is 13.6. The monoisotopic (exact) mass is 843 g/mol. The van der Waals surface area contributed by atoms with Gasteiger partial charge in [0.05, 0.1) is 24.3 Å². The predicted molar refractivity (Wildman–Crippen MR) is 251 cm³/mol. The Labute approximate surface area is 373 Å². The summed E-state index contributed by atoms with van der Waals surface area (Å²) in [6.45, 7) is 5.89. The van der Waals surface area contributed by atoms with Crippen LogP contribution in [0.1, 0.15) is 186 Å². The molecule has 0 bridgehead atoms. The number of unbranched alkanes of at least 4 members (excludes halogenated alkanes) is 4. The van der Waals surface area contributed by atoms with Crippen LogP contribution >= 0.6 is 0 Å². The molecule has 0 saturated heterocycles. The van der Waals surface area contributed by atoms with Crippen molar-refractivity contribution < 1.29 is 28.5 Å². The summed E-state index contributed by atoms with van der Waals surface area (Å²) in [5.41, 5.74) is 2.23. The zero-order valence-corrected chi connectivity index (χ0v) is 37.9. The molecule has 2 aliphatic carbocycles. The van der Waals surface area contributed by atoms with Gasteiger partial charge in [-0.05, 0) is 109 Å². The fraction of sp³-hybridized carbons (Fsp3) is 0.536. The second-order valence-corrected chi connectivity index (χ2v) is 18.3. The smallest absolute Gasteiger partial charge is 0.338 e. The fourth-order valence-corrected chi connectivity index (χ4v) is 9.74. The molecule has 6 nitrogen and oxygen atoms in total. The van der Waals surface area contributed by atoms with Crippen LogP contribution < -0.4 is 9.47 Å². The van der Waals surface area contributed by atoms with Crippen molar-refractivity contribution in [3.8, 4) is 11.5 Å². The summed E-state index contributed by atoms with van der Waals surface area (Å²) in [5.74, 6) is 3.95. The molecule has 2 saturated carbocycles. The van der Waals surface area contributed by atoms with E-state index in [-0.39, 0.29) is 0 Å². The lowest BCUT2D eigenvalue weighted by Crippen LogP contribution is -2.23. The van der Waals surface area contributed by atoms with Crippen LogP contribution in [0.15, 0.2) is 109 Å². The molecule has 4 aromatic carbocycles. The Morgan fingerprint density at radius 1 is 0.435 bits per heavy atom. The van der Waals surface area contributed by atoms with E-state index in [0.717, 1.165) is 59.1 Å². The molecule has 6 heteroatoms. The maximum Gasteiger partial charge on any atom is 0.338 e. The molecule has 0 N–H and O–H groups in total. The van der Waals surface area contributed by atoms with Gasteiger partial charge in [-0.1, -0.05) is 177 Å². The van der Waals surface area contributed by atoms with Gasteiger partial charge in [0.15, 0.2) is 12.2 Å². The summed E-state index contributed by atoms with van der Waals surface area (Å²) >= 11 is 0. The first kappa shape index (κ1) is 46.9. The van der Waals surface area contributed by atoms with Crippen LogP contribution in [0.2, 0.25) is 0 Å². The number of carbonyl (C=O) groups excluding carboxylic acids is 2. The average molecular weight is 843 g/mol. The van der Waals surface area contributed by atoms with Crippen LogP contribution in [0.5, 0.6) is 11.5 Å². The summed E-state index contributed by atoms with van der Waals surface area (Å²) in [5, 5.41) is 0. The normalized spacial score (nSPS) is 19.8. The SMILES string of the molecule is CCCCCC1CCC(CCCOc2ccc(C(=O)OC(c3ccccc3)C(OC(=O)c3ccc(OCCCC4CCC(CCCCC)CC4)cc3)c3ccccc3)cc2)CC1. The van der Waals surface area contributed by atoms with E-state index in [1.54, 1.807) is 24.3 Å². The molecule has 0 heterocycles. The van der Waals surface area contributed by atoms with Crippen LogP contribution in [0.25, 0.3) is 0 Å². The second kappa shape index (κ2) is 26.1. The van der Waals surface area contributed by atoms with Crippen molar-refractivity contribution in [3.63, 3.8) is 0 Å². The molecular weight excluding hydrogens is 769 g/mol. The van der Waals surface area contributed by atoms with Crippen molar-refractivity contribution >= 4 is 11.9 Å². The largest absolute Gasteiger partial charge is 0.494 e. The average Bonchev–Trinajstić information content (AvgIpc) is 3.32. The topological polar surface area (TPSA) is 71.1 Å². The highest BCUT2D eigenvalue weighted by atomic mass is 16.6. The Kier molecular flexibility index (Phi) is 19.8. The van der Waals surface area contributed by atoms with Gasteiger partial charge in [-0.3, -0.25) is 0 Å². The van der Waals surface area contributed by atoms with Crippen molar-refractivity contribution in [1.82, 2.24) is 0 Å². The van der Waals surface area contributed by atoms with Crippen molar-refractivity contribution in [2.24, 2.45) is 23.7 Å². The molecule has 2 atom stereocenters. The highest BCUT2D eigenvalue weighted by Crippen LogP contribution is 2.38. The van der Waals surface area contributed by atoms with Crippen LogP contribution in [0, 0.1) is 23.7 Å². The Bertz CT molecular complexity index is 1690. The molecule has 0 aromatic heterocycles. The van der Waals surface area contributed by atoms with Crippen molar-refractivity contribution in [1.29, 1.82) is 0 Å². The number of rotatable bonds is 25. The lowest BCUT2D eigenvalue weighted by atomic mass is 9.78. The number of esters is 2. The van der Waals surface area contributed by atoms with E-state index in [9.17, 15) is 9.59 Å². The van der Waals surface area contributed by atoms with E-state index < -0.39 is 24.1 Å². The van der Waals surface area contributed by atoms with Gasteiger partial charge < -0.3 is 18.9 Å². The van der Waals surface area contributed by atoms with E-state index >= 15 is 0 Å². The molecule has 0 spiro atoms. The molecule has 0 radical (unpaired) electrons. The van der Waals surface area contributed by atoms with E-state index in [4.69, 9.17) is 18.9 Å². The number of hydrogen-bond donors (Lipinski definition) is 0. The first-order chi connectivity index (χ1) is 30.5. The van der Waals surface area contributed by atoms with Gasteiger partial charge in [-0.25, -0.2) is 9.59 Å². The van der Waals surface area contributed by atoms with Gasteiger partial charge in [0, 0.05) is 0 Å². The van der Waals surface area contributed by atoms with Crippen LogP contribution in [0.4, 0.5) is 0 Å². The Morgan fingerprint density at radius 2 is 0.758 bits per heavy atom. The maximum absolute atomic E-state index is 13.8. The molecule has 2 fully saturated rings. The number of ether oxygens (including phenoxy) is 4. The van der Waals surface area contributed by atoms with Crippen LogP contribution in [-0.4, -0.2) is 25.2 Å². The molecule has 4 aromatic rings. The molecule has 62 heavy (non-hydrogen) atoms. The van der Waals surface area contributed by atoms with Gasteiger partial charge in [-0.2, -0.15) is 0 Å². The van der Waals surface area contributed by atoms with E-state index in [1.807, 2.05) is 84.9 Å². The summed E-state index contributed by atoms with van der Waals surface area (Å²) in [4.78, 5) is 27.7. The number of carbonyl (C=O) groups is 2. The minimum Gasteiger partial charge on any atom is -0.494 e. The first-order valence-corrected chi connectivity index (χ1v) is 24.5. The van der Waals surface area contributed by atoms with E-state index in [2.05, 4.69) is 13.8 Å². The molecule has 2 aliphatic rings. The molecular formula is C56H74O6. The van der Waals surface area contributed by atoms with E-state index in [0.29, 0.717) is 24.3 Å². The second-order valence-electron chi connectivity index (χ2n) is 18.3. The highest BCUT2D eigenvalue weighted by molar-refractivity contribution is 5.90. The molecule has 0 amide bonds. The predicted octanol–water partition coefficient (Wildman–Crippen LogP) is 15.3. The van der Waals surface area contributed by atoms with Crippen molar-refractivity contribution in [2.45, 2.75) is 154 Å². The van der Waals surface area contributed by atoms with Crippen LogP contribution in [0.3, 0.4) is 0 Å². The zero-order valence-electron chi connectivity index (χ0n) is 37.9. The summed E-state index contributed by atoms with van der Waals surface area (Å²) in [6.07, 6.45) is 24.6. The minimum atomic E-state index is -0.906. The van der Waals surface area contributed by atoms with Gasteiger partial charge in [0.1, 0.15) is 11.5 Å². The molecule has 0 aliphatic heterocycles. The maximum atomic E-state index is 13.8. The quantitative estimate of drug-likeness (QED) is 0.0489. The number of benzene rings is 4. The lowest BCUT2D eigenvalue weighted by Gasteiger charge is -2.28. The van der Waals surface area contributed by atoms with Gasteiger partial charge in [-0.15, -0.1) is 0 Å². The van der Waals surface area contributed by atoms with Crippen LogP contribution in [-0.2, 0) is 9.47 Å². The Hall–Kier alpha value is -4.58. The minimum absolute atomic E-state index is 0.396. The molecule has 334 valence electrons. The van der Waals surface area contributed by atoms with Gasteiger partial charge >= 0.3 is 11.9 Å². The Balaban J connectivity index is 1.00. The lowest BCUT2D eigenvalue weighted by molar-refractivity contribution is -0.0388. The summed E-state index contributed by atoms with van der Waals surface area (Å²) in [6, 6.07) is 33.3.